The SMILES string of the molecule is COC(=O)CSCc1cc(C(C)=O)ccc1O. The Hall–Kier alpha value is -1.49. The second kappa shape index (κ2) is 6.30. The maximum atomic E-state index is 11.2. The zero-order valence-electron chi connectivity index (χ0n) is 9.73. The average Bonchev–Trinajstić information content (AvgIpc) is 2.30. The number of phenols is 1. The zero-order chi connectivity index (χ0) is 12.8. The molecule has 0 atom stereocenters. The molecule has 5 heteroatoms. The lowest BCUT2D eigenvalue weighted by atomic mass is 10.1. The van der Waals surface area contributed by atoms with Crippen LogP contribution in [0, 0.1) is 0 Å². The number of phenolic OH excluding ortho intramolecular Hbond substituents is 1. The first-order valence-electron chi connectivity index (χ1n) is 5.02. The summed E-state index contributed by atoms with van der Waals surface area (Å²) in [7, 11) is 1.33. The molecule has 0 heterocycles. The smallest absolute Gasteiger partial charge is 0.315 e. The van der Waals surface area contributed by atoms with E-state index in [0.29, 0.717) is 16.9 Å². The van der Waals surface area contributed by atoms with Crippen molar-refractivity contribution in [3.05, 3.63) is 29.3 Å². The van der Waals surface area contributed by atoms with Gasteiger partial charge >= 0.3 is 5.97 Å². The third-order valence-corrected chi connectivity index (χ3v) is 3.15. The normalized spacial score (nSPS) is 10.0. The average molecular weight is 254 g/mol. The molecule has 17 heavy (non-hydrogen) atoms. The van der Waals surface area contributed by atoms with Gasteiger partial charge in [0.2, 0.25) is 0 Å². The molecule has 0 aromatic heterocycles. The monoisotopic (exact) mass is 254 g/mol. The van der Waals surface area contributed by atoms with Crippen LogP contribution in [-0.4, -0.2) is 29.7 Å². The number of hydrogen-bond donors (Lipinski definition) is 1. The van der Waals surface area contributed by atoms with Crippen molar-refractivity contribution in [2.45, 2.75) is 12.7 Å². The van der Waals surface area contributed by atoms with E-state index in [1.807, 2.05) is 0 Å². The first kappa shape index (κ1) is 13.6. The van der Waals surface area contributed by atoms with Gasteiger partial charge in [0.05, 0.1) is 12.9 Å². The summed E-state index contributed by atoms with van der Waals surface area (Å²) in [5.41, 5.74) is 1.20. The number of thioether (sulfide) groups is 1. The number of carbonyl (C=O) groups excluding carboxylic acids is 2. The highest BCUT2D eigenvalue weighted by Crippen LogP contribution is 2.23. The van der Waals surface area contributed by atoms with Crippen molar-refractivity contribution in [3.8, 4) is 5.75 Å². The molecular formula is C12H14O4S. The van der Waals surface area contributed by atoms with Crippen LogP contribution in [-0.2, 0) is 15.3 Å². The molecule has 0 aliphatic rings. The van der Waals surface area contributed by atoms with Gasteiger partial charge in [0.25, 0.3) is 0 Å². The van der Waals surface area contributed by atoms with Gasteiger partial charge in [-0.05, 0) is 25.1 Å². The summed E-state index contributed by atoms with van der Waals surface area (Å²) in [4.78, 5) is 22.1. The number of ketones is 1. The molecule has 0 unspecified atom stereocenters. The molecule has 0 saturated carbocycles. The highest BCUT2D eigenvalue weighted by molar-refractivity contribution is 7.99. The molecule has 4 nitrogen and oxygen atoms in total. The van der Waals surface area contributed by atoms with E-state index in [-0.39, 0.29) is 23.3 Å². The fraction of sp³-hybridized carbons (Fsp3) is 0.333. The maximum Gasteiger partial charge on any atom is 0.315 e. The second-order valence-corrected chi connectivity index (χ2v) is 4.45. The van der Waals surface area contributed by atoms with Gasteiger partial charge in [-0.1, -0.05) is 0 Å². The van der Waals surface area contributed by atoms with Gasteiger partial charge in [0, 0.05) is 16.9 Å². The van der Waals surface area contributed by atoms with Gasteiger partial charge in [0.1, 0.15) is 5.75 Å². The van der Waals surface area contributed by atoms with Crippen LogP contribution >= 0.6 is 11.8 Å². The summed E-state index contributed by atoms with van der Waals surface area (Å²) in [6.07, 6.45) is 0. The Balaban J connectivity index is 2.66. The van der Waals surface area contributed by atoms with Gasteiger partial charge in [0.15, 0.2) is 5.78 Å². The summed E-state index contributed by atoms with van der Waals surface area (Å²) >= 11 is 1.33. The lowest BCUT2D eigenvalue weighted by Gasteiger charge is -2.05. The molecule has 0 fully saturated rings. The number of rotatable bonds is 5. The predicted octanol–water partition coefficient (Wildman–Crippen LogP) is 2.00. The van der Waals surface area contributed by atoms with E-state index < -0.39 is 0 Å². The van der Waals surface area contributed by atoms with Crippen LogP contribution < -0.4 is 0 Å². The number of aromatic hydroxyl groups is 1. The molecule has 0 spiro atoms. The molecule has 1 aromatic carbocycles. The summed E-state index contributed by atoms with van der Waals surface area (Å²) in [6, 6.07) is 4.71. The fourth-order valence-electron chi connectivity index (χ4n) is 1.22. The van der Waals surface area contributed by atoms with Gasteiger partial charge in [-0.15, -0.1) is 11.8 Å². The molecule has 1 aromatic rings. The first-order chi connectivity index (χ1) is 8.04. The lowest BCUT2D eigenvalue weighted by molar-refractivity contribution is -0.137. The fourth-order valence-corrected chi connectivity index (χ4v) is 2.06. The molecule has 0 aliphatic heterocycles. The van der Waals surface area contributed by atoms with E-state index >= 15 is 0 Å². The highest BCUT2D eigenvalue weighted by atomic mass is 32.2. The first-order valence-corrected chi connectivity index (χ1v) is 6.17. The standard InChI is InChI=1S/C12H14O4S/c1-8(13)9-3-4-11(14)10(5-9)6-17-7-12(15)16-2/h3-5,14H,6-7H2,1-2H3. The minimum absolute atomic E-state index is 0.0517. The minimum Gasteiger partial charge on any atom is -0.508 e. The molecule has 0 bridgehead atoms. The number of hydrogen-bond acceptors (Lipinski definition) is 5. The summed E-state index contributed by atoms with van der Waals surface area (Å²) in [6.45, 7) is 1.47. The van der Waals surface area contributed by atoms with Gasteiger partial charge in [-0.25, -0.2) is 0 Å². The molecule has 1 N–H and O–H groups in total. The van der Waals surface area contributed by atoms with Crippen molar-refractivity contribution in [2.24, 2.45) is 0 Å². The van der Waals surface area contributed by atoms with Crippen LogP contribution in [0.25, 0.3) is 0 Å². The quantitative estimate of drug-likeness (QED) is 0.643. The molecule has 0 amide bonds. The third-order valence-electron chi connectivity index (χ3n) is 2.19. The molecule has 0 radical (unpaired) electrons. The van der Waals surface area contributed by atoms with E-state index in [0.717, 1.165) is 0 Å². The van der Waals surface area contributed by atoms with Crippen molar-refractivity contribution in [2.75, 3.05) is 12.9 Å². The highest BCUT2D eigenvalue weighted by Gasteiger charge is 2.07. The molecule has 0 saturated heterocycles. The topological polar surface area (TPSA) is 63.6 Å². The van der Waals surface area contributed by atoms with Crippen LogP contribution in [0.1, 0.15) is 22.8 Å². The molecule has 1 rings (SSSR count). The predicted molar refractivity (Wildman–Crippen MR) is 66.3 cm³/mol. The van der Waals surface area contributed by atoms with Gasteiger partial charge in [-0.3, -0.25) is 9.59 Å². The van der Waals surface area contributed by atoms with Crippen molar-refractivity contribution in [1.29, 1.82) is 0 Å². The van der Waals surface area contributed by atoms with Gasteiger partial charge in [-0.2, -0.15) is 0 Å². The van der Waals surface area contributed by atoms with Crippen molar-refractivity contribution < 1.29 is 19.4 Å². The third kappa shape index (κ3) is 4.11. The zero-order valence-corrected chi connectivity index (χ0v) is 10.5. The van der Waals surface area contributed by atoms with E-state index in [1.54, 1.807) is 12.1 Å². The molecule has 0 aliphatic carbocycles. The van der Waals surface area contributed by atoms with Crippen molar-refractivity contribution in [3.63, 3.8) is 0 Å². The summed E-state index contributed by atoms with van der Waals surface area (Å²) in [5.74, 6) is 0.455. The van der Waals surface area contributed by atoms with E-state index in [2.05, 4.69) is 4.74 Å². The Morgan fingerprint density at radius 2 is 2.12 bits per heavy atom. The Kier molecular flexibility index (Phi) is 5.03. The van der Waals surface area contributed by atoms with Crippen molar-refractivity contribution >= 4 is 23.5 Å². The van der Waals surface area contributed by atoms with Crippen LogP contribution in [0.2, 0.25) is 0 Å². The Labute approximate surface area is 104 Å². The van der Waals surface area contributed by atoms with Crippen LogP contribution in [0.3, 0.4) is 0 Å². The number of Topliss-reactive ketones (excluding diaryl/α,β-unsaturated/α-hetero) is 1. The lowest BCUT2D eigenvalue weighted by Crippen LogP contribution is -2.03. The van der Waals surface area contributed by atoms with Crippen LogP contribution in [0.4, 0.5) is 0 Å². The minimum atomic E-state index is -0.308. The summed E-state index contributed by atoms with van der Waals surface area (Å²) < 4.78 is 4.50. The maximum absolute atomic E-state index is 11.2. The molecule has 92 valence electrons. The number of ether oxygens (including phenoxy) is 1. The van der Waals surface area contributed by atoms with Crippen LogP contribution in [0.5, 0.6) is 5.75 Å². The van der Waals surface area contributed by atoms with Crippen LogP contribution in [0.15, 0.2) is 18.2 Å². The van der Waals surface area contributed by atoms with Crippen molar-refractivity contribution in [1.82, 2.24) is 0 Å². The summed E-state index contributed by atoms with van der Waals surface area (Å²) in [5, 5.41) is 9.60. The van der Waals surface area contributed by atoms with E-state index in [4.69, 9.17) is 0 Å². The van der Waals surface area contributed by atoms with Gasteiger partial charge < -0.3 is 9.84 Å². The van der Waals surface area contributed by atoms with E-state index in [9.17, 15) is 14.7 Å². The Bertz CT molecular complexity index is 429. The number of carbonyl (C=O) groups is 2. The number of methoxy groups -OCH3 is 1. The number of benzene rings is 1. The number of esters is 1. The largest absolute Gasteiger partial charge is 0.508 e. The van der Waals surface area contributed by atoms with E-state index in [1.165, 1.54) is 31.9 Å². The second-order valence-electron chi connectivity index (χ2n) is 3.47. The Morgan fingerprint density at radius 3 is 2.71 bits per heavy atom. The Morgan fingerprint density at radius 1 is 1.41 bits per heavy atom. The molecular weight excluding hydrogens is 240 g/mol.